The van der Waals surface area contributed by atoms with Gasteiger partial charge in [-0.25, -0.2) is 18.4 Å². The lowest BCUT2D eigenvalue weighted by Gasteiger charge is -2.42. The van der Waals surface area contributed by atoms with E-state index in [2.05, 4.69) is 4.90 Å². The van der Waals surface area contributed by atoms with Crippen molar-refractivity contribution in [2.45, 2.75) is 52.3 Å². The van der Waals surface area contributed by atoms with Crippen LogP contribution >= 0.6 is 11.6 Å². The smallest absolute Gasteiger partial charge is 0.419 e. The van der Waals surface area contributed by atoms with E-state index in [0.29, 0.717) is 37.4 Å². The van der Waals surface area contributed by atoms with Gasteiger partial charge in [-0.1, -0.05) is 17.7 Å². The van der Waals surface area contributed by atoms with Crippen molar-refractivity contribution in [3.05, 3.63) is 63.8 Å². The zero-order valence-electron chi connectivity index (χ0n) is 24.2. The van der Waals surface area contributed by atoms with Gasteiger partial charge in [-0.05, 0) is 63.1 Å². The fourth-order valence-electron chi connectivity index (χ4n) is 5.33. The molecule has 8 nitrogen and oxygen atoms in total. The van der Waals surface area contributed by atoms with Gasteiger partial charge in [-0.2, -0.15) is 0 Å². The lowest BCUT2D eigenvalue weighted by molar-refractivity contribution is 0.0245. The number of ether oxygens (including phenoxy) is 3. The minimum Gasteiger partial charge on any atom is -0.496 e. The number of piperazine rings is 1. The molecular formula is C30H36ClF2N3O5. The number of esters is 1. The second-order valence-electron chi connectivity index (χ2n) is 11.2. The molecule has 0 radical (unpaired) electrons. The molecule has 2 heterocycles. The first kappa shape index (κ1) is 30.7. The van der Waals surface area contributed by atoms with E-state index < -0.39 is 24.1 Å². The maximum atomic E-state index is 13.3. The van der Waals surface area contributed by atoms with Crippen LogP contribution in [0.25, 0.3) is 10.9 Å². The Morgan fingerprint density at radius 3 is 2.46 bits per heavy atom. The van der Waals surface area contributed by atoms with Crippen molar-refractivity contribution in [3.8, 4) is 5.75 Å². The molecule has 0 saturated carbocycles. The Morgan fingerprint density at radius 2 is 1.85 bits per heavy atom. The molecule has 41 heavy (non-hydrogen) atoms. The van der Waals surface area contributed by atoms with Crippen LogP contribution in [-0.4, -0.2) is 78.9 Å². The predicted octanol–water partition coefficient (Wildman–Crippen LogP) is 6.31. The van der Waals surface area contributed by atoms with Gasteiger partial charge < -0.3 is 14.2 Å². The highest BCUT2D eigenvalue weighted by Gasteiger charge is 2.32. The molecule has 0 bridgehead atoms. The van der Waals surface area contributed by atoms with Crippen LogP contribution in [0.4, 0.5) is 13.6 Å². The normalized spacial score (nSPS) is 16.8. The molecule has 1 aliphatic heterocycles. The van der Waals surface area contributed by atoms with E-state index in [9.17, 15) is 18.4 Å². The molecule has 222 valence electrons. The van der Waals surface area contributed by atoms with Gasteiger partial charge in [-0.15, -0.1) is 0 Å². The number of methoxy groups -OCH3 is 2. The first-order valence-electron chi connectivity index (χ1n) is 13.4. The van der Waals surface area contributed by atoms with Crippen molar-refractivity contribution in [3.63, 3.8) is 0 Å². The molecule has 1 unspecified atom stereocenters. The summed E-state index contributed by atoms with van der Waals surface area (Å²) >= 11 is 6.45. The number of hydrogen-bond donors (Lipinski definition) is 0. The van der Waals surface area contributed by atoms with E-state index in [1.54, 1.807) is 36.4 Å². The highest BCUT2D eigenvalue weighted by molar-refractivity contribution is 6.33. The van der Waals surface area contributed by atoms with E-state index >= 15 is 0 Å². The lowest BCUT2D eigenvalue weighted by Crippen LogP contribution is -2.49. The van der Waals surface area contributed by atoms with Crippen LogP contribution in [0.5, 0.6) is 5.75 Å². The first-order chi connectivity index (χ1) is 19.3. The number of aryl methyl sites for hydroxylation is 1. The van der Waals surface area contributed by atoms with E-state index in [4.69, 9.17) is 25.8 Å². The van der Waals surface area contributed by atoms with Gasteiger partial charge in [-0.3, -0.25) is 14.4 Å². The second kappa shape index (κ2) is 12.3. The Kier molecular flexibility index (Phi) is 9.25. The quantitative estimate of drug-likeness (QED) is 0.298. The predicted molar refractivity (Wildman–Crippen MR) is 153 cm³/mol. The number of halogens is 3. The van der Waals surface area contributed by atoms with Gasteiger partial charge in [0, 0.05) is 49.4 Å². The summed E-state index contributed by atoms with van der Waals surface area (Å²) in [6, 6.07) is 8.53. The van der Waals surface area contributed by atoms with Crippen LogP contribution in [0.2, 0.25) is 5.02 Å². The molecule has 1 atom stereocenters. The Hall–Kier alpha value is -3.21. The molecule has 4 rings (SSSR count). The topological polar surface area (TPSA) is 73.2 Å². The number of alkyl halides is 2. The molecule has 1 fully saturated rings. The van der Waals surface area contributed by atoms with Crippen LogP contribution < -0.4 is 4.74 Å². The first-order valence-corrected chi connectivity index (χ1v) is 13.7. The summed E-state index contributed by atoms with van der Waals surface area (Å²) in [7, 11) is 2.88. The number of nitrogens with zero attached hydrogens (tertiary/aromatic N) is 3. The van der Waals surface area contributed by atoms with Crippen molar-refractivity contribution in [1.29, 1.82) is 0 Å². The van der Waals surface area contributed by atoms with Crippen LogP contribution in [0.3, 0.4) is 0 Å². The van der Waals surface area contributed by atoms with Crippen LogP contribution in [0.1, 0.15) is 53.9 Å². The standard InChI is InChI=1S/C30H36ClF2N3O5/c1-18-13-25(39-5)22(20-9-10-36(27(18)20)29(38)41-30(2,3)4)15-35-12-11-34(17-26(32)33)16-24(35)19-7-8-21(23(31)14-19)28(37)40-6/h7-10,13-14,24,26H,11-12,15-17H2,1-6H3. The Labute approximate surface area is 243 Å². The number of aromatic nitrogens is 1. The summed E-state index contributed by atoms with van der Waals surface area (Å²) in [5.41, 5.74) is 2.78. The van der Waals surface area contributed by atoms with E-state index in [-0.39, 0.29) is 23.2 Å². The highest BCUT2D eigenvalue weighted by Crippen LogP contribution is 2.37. The molecular weight excluding hydrogens is 556 g/mol. The third-order valence-corrected chi connectivity index (χ3v) is 7.47. The van der Waals surface area contributed by atoms with Crippen LogP contribution in [0, 0.1) is 6.92 Å². The summed E-state index contributed by atoms with van der Waals surface area (Å²) in [5.74, 6) is 0.104. The average Bonchev–Trinajstić information content (AvgIpc) is 3.35. The summed E-state index contributed by atoms with van der Waals surface area (Å²) in [6.07, 6.45) is -1.25. The third kappa shape index (κ3) is 6.82. The molecule has 0 aliphatic carbocycles. The van der Waals surface area contributed by atoms with Gasteiger partial charge in [0.2, 0.25) is 0 Å². The zero-order valence-corrected chi connectivity index (χ0v) is 24.9. The number of benzene rings is 2. The van der Waals surface area contributed by atoms with Crippen molar-refractivity contribution < 1.29 is 32.6 Å². The van der Waals surface area contributed by atoms with Gasteiger partial charge in [0.15, 0.2) is 0 Å². The molecule has 0 amide bonds. The third-order valence-electron chi connectivity index (χ3n) is 7.16. The van der Waals surface area contributed by atoms with Gasteiger partial charge in [0.25, 0.3) is 6.43 Å². The monoisotopic (exact) mass is 591 g/mol. The number of carbonyl (C=O) groups is 2. The van der Waals surface area contributed by atoms with Crippen LogP contribution in [-0.2, 0) is 16.0 Å². The van der Waals surface area contributed by atoms with Gasteiger partial charge in [0.1, 0.15) is 11.4 Å². The summed E-state index contributed by atoms with van der Waals surface area (Å²) in [5, 5.41) is 1.06. The van der Waals surface area contributed by atoms with E-state index in [1.807, 2.05) is 39.8 Å². The Morgan fingerprint density at radius 1 is 1.12 bits per heavy atom. The second-order valence-corrected chi connectivity index (χ2v) is 11.6. The zero-order chi connectivity index (χ0) is 30.1. The summed E-state index contributed by atoms with van der Waals surface area (Å²) < 4.78 is 44.4. The molecule has 0 spiro atoms. The van der Waals surface area contributed by atoms with Crippen LogP contribution in [0.15, 0.2) is 36.5 Å². The molecule has 2 aromatic carbocycles. The summed E-state index contributed by atoms with van der Waals surface area (Å²) in [4.78, 5) is 29.0. The van der Waals surface area contributed by atoms with Gasteiger partial charge in [0.05, 0.1) is 36.9 Å². The largest absolute Gasteiger partial charge is 0.496 e. The number of fused-ring (bicyclic) bond motifs is 1. The molecule has 1 saturated heterocycles. The van der Waals surface area contributed by atoms with Crippen molar-refractivity contribution in [2.75, 3.05) is 40.4 Å². The number of hydrogen-bond acceptors (Lipinski definition) is 7. The molecule has 1 aliphatic rings. The lowest BCUT2D eigenvalue weighted by atomic mass is 9.98. The molecule has 3 aromatic rings. The molecule has 11 heteroatoms. The Balaban J connectivity index is 1.75. The number of carbonyl (C=O) groups excluding carboxylic acids is 2. The Bertz CT molecular complexity index is 1440. The maximum absolute atomic E-state index is 13.3. The fourth-order valence-corrected chi connectivity index (χ4v) is 5.60. The van der Waals surface area contributed by atoms with Crippen molar-refractivity contribution in [2.24, 2.45) is 0 Å². The van der Waals surface area contributed by atoms with E-state index in [0.717, 1.165) is 22.1 Å². The van der Waals surface area contributed by atoms with Gasteiger partial charge >= 0.3 is 12.1 Å². The average molecular weight is 592 g/mol. The minimum atomic E-state index is -2.46. The van der Waals surface area contributed by atoms with Crippen molar-refractivity contribution in [1.82, 2.24) is 14.4 Å². The molecule has 0 N–H and O–H groups in total. The van der Waals surface area contributed by atoms with Crippen molar-refractivity contribution >= 4 is 34.6 Å². The summed E-state index contributed by atoms with van der Waals surface area (Å²) in [6.45, 7) is 8.73. The highest BCUT2D eigenvalue weighted by atomic mass is 35.5. The van der Waals surface area contributed by atoms with E-state index in [1.165, 1.54) is 11.7 Å². The fraction of sp³-hybridized carbons (Fsp3) is 0.467. The molecule has 1 aromatic heterocycles. The minimum absolute atomic E-state index is 0.227. The number of rotatable bonds is 7. The SMILES string of the molecule is COC(=O)c1ccc(C2CN(CC(F)F)CCN2Cc2c(OC)cc(C)c3c2ccn3C(=O)OC(C)(C)C)cc1Cl. The maximum Gasteiger partial charge on any atom is 0.419 e.